The van der Waals surface area contributed by atoms with Gasteiger partial charge in [0.25, 0.3) is 5.91 Å². The number of aliphatic imine (C=N–C) groups is 1. The predicted molar refractivity (Wildman–Crippen MR) is 117 cm³/mol. The van der Waals surface area contributed by atoms with E-state index in [1.54, 1.807) is 30.5 Å². The summed E-state index contributed by atoms with van der Waals surface area (Å²) in [7, 11) is 1.62. The van der Waals surface area contributed by atoms with Gasteiger partial charge in [0.15, 0.2) is 0 Å². The number of amides is 1. The van der Waals surface area contributed by atoms with E-state index in [2.05, 4.69) is 9.98 Å². The van der Waals surface area contributed by atoms with Crippen LogP contribution < -0.4 is 14.4 Å². The van der Waals surface area contributed by atoms with Crippen LogP contribution >= 0.6 is 0 Å². The Morgan fingerprint density at radius 1 is 0.933 bits per heavy atom. The summed E-state index contributed by atoms with van der Waals surface area (Å²) in [5.41, 5.74) is 2.76. The van der Waals surface area contributed by atoms with Crippen LogP contribution in [-0.4, -0.2) is 30.4 Å². The lowest BCUT2D eigenvalue weighted by molar-refractivity contribution is -0.113. The van der Waals surface area contributed by atoms with Crippen molar-refractivity contribution in [3.8, 4) is 11.5 Å². The lowest BCUT2D eigenvalue weighted by atomic mass is 10.1. The molecule has 3 aromatic rings. The second kappa shape index (κ2) is 8.61. The Bertz CT molecular complexity index is 1090. The Labute approximate surface area is 175 Å². The zero-order valence-corrected chi connectivity index (χ0v) is 16.8. The van der Waals surface area contributed by atoms with Crippen molar-refractivity contribution in [1.29, 1.82) is 0 Å². The van der Waals surface area contributed by atoms with E-state index in [1.165, 1.54) is 0 Å². The maximum absolute atomic E-state index is 13.3. The van der Waals surface area contributed by atoms with Gasteiger partial charge < -0.3 is 9.47 Å². The van der Waals surface area contributed by atoms with Gasteiger partial charge in [-0.25, -0.2) is 4.99 Å². The third kappa shape index (κ3) is 3.93. The van der Waals surface area contributed by atoms with Crippen molar-refractivity contribution < 1.29 is 14.3 Å². The number of carbonyl (C=O) groups is 1. The average Bonchev–Trinajstić information content (AvgIpc) is 3.11. The maximum Gasteiger partial charge on any atom is 0.282 e. The normalized spacial score (nSPS) is 14.7. The van der Waals surface area contributed by atoms with Crippen molar-refractivity contribution in [3.63, 3.8) is 0 Å². The SMILES string of the molecule is CCOc1ccc(N2C(=O)/C(=C\c3ccncc3)N=C2c2ccc(OC)cc2)cc1. The molecule has 4 rings (SSSR count). The number of aromatic nitrogens is 1. The van der Waals surface area contributed by atoms with Crippen molar-refractivity contribution in [3.05, 3.63) is 89.9 Å². The molecule has 1 aliphatic rings. The number of methoxy groups -OCH3 is 1. The summed E-state index contributed by atoms with van der Waals surface area (Å²) in [4.78, 5) is 23.6. The highest BCUT2D eigenvalue weighted by atomic mass is 16.5. The highest BCUT2D eigenvalue weighted by Crippen LogP contribution is 2.29. The van der Waals surface area contributed by atoms with Crippen molar-refractivity contribution in [2.75, 3.05) is 18.6 Å². The van der Waals surface area contributed by atoms with Gasteiger partial charge in [-0.2, -0.15) is 0 Å². The highest BCUT2D eigenvalue weighted by molar-refractivity contribution is 6.33. The van der Waals surface area contributed by atoms with Gasteiger partial charge in [0, 0.05) is 18.0 Å². The van der Waals surface area contributed by atoms with Crippen LogP contribution in [0.2, 0.25) is 0 Å². The number of benzene rings is 2. The fourth-order valence-electron chi connectivity index (χ4n) is 3.17. The van der Waals surface area contributed by atoms with Gasteiger partial charge in [0.1, 0.15) is 23.0 Å². The molecule has 6 nitrogen and oxygen atoms in total. The molecule has 1 aromatic heterocycles. The van der Waals surface area contributed by atoms with E-state index in [4.69, 9.17) is 9.47 Å². The first-order valence-corrected chi connectivity index (χ1v) is 9.61. The van der Waals surface area contributed by atoms with E-state index >= 15 is 0 Å². The minimum Gasteiger partial charge on any atom is -0.497 e. The molecule has 1 amide bonds. The summed E-state index contributed by atoms with van der Waals surface area (Å²) in [6.45, 7) is 2.52. The third-order valence-electron chi connectivity index (χ3n) is 4.62. The molecule has 0 spiro atoms. The second-order valence-electron chi connectivity index (χ2n) is 6.54. The largest absolute Gasteiger partial charge is 0.497 e. The van der Waals surface area contributed by atoms with Gasteiger partial charge in [-0.15, -0.1) is 0 Å². The molecule has 0 fully saturated rings. The molecule has 0 radical (unpaired) electrons. The van der Waals surface area contributed by atoms with E-state index in [0.29, 0.717) is 18.1 Å². The number of hydrogen-bond donors (Lipinski definition) is 0. The second-order valence-corrected chi connectivity index (χ2v) is 6.54. The van der Waals surface area contributed by atoms with Crippen LogP contribution in [0.15, 0.2) is 83.7 Å². The van der Waals surface area contributed by atoms with Crippen molar-refractivity contribution >= 4 is 23.5 Å². The molecule has 0 bridgehead atoms. The van der Waals surface area contributed by atoms with Crippen LogP contribution in [0, 0.1) is 0 Å². The number of ether oxygens (including phenoxy) is 2. The fraction of sp³-hybridized carbons (Fsp3) is 0.125. The molecule has 150 valence electrons. The topological polar surface area (TPSA) is 64.0 Å². The third-order valence-corrected chi connectivity index (χ3v) is 4.62. The zero-order valence-electron chi connectivity index (χ0n) is 16.8. The highest BCUT2D eigenvalue weighted by Gasteiger charge is 2.32. The molecule has 0 aliphatic carbocycles. The summed E-state index contributed by atoms with van der Waals surface area (Å²) in [6, 6.07) is 18.6. The number of nitrogens with zero attached hydrogens (tertiary/aromatic N) is 3. The fourth-order valence-corrected chi connectivity index (χ4v) is 3.17. The van der Waals surface area contributed by atoms with E-state index in [1.807, 2.05) is 67.6 Å². The van der Waals surface area contributed by atoms with E-state index in [0.717, 1.165) is 28.3 Å². The quantitative estimate of drug-likeness (QED) is 0.579. The summed E-state index contributed by atoms with van der Waals surface area (Å²) < 4.78 is 10.8. The molecular formula is C24H21N3O3. The van der Waals surface area contributed by atoms with Gasteiger partial charge in [-0.05, 0) is 79.2 Å². The molecule has 30 heavy (non-hydrogen) atoms. The van der Waals surface area contributed by atoms with Crippen LogP contribution in [0.3, 0.4) is 0 Å². The summed E-state index contributed by atoms with van der Waals surface area (Å²) >= 11 is 0. The summed E-state index contributed by atoms with van der Waals surface area (Å²) in [6.07, 6.45) is 5.14. The van der Waals surface area contributed by atoms with Gasteiger partial charge >= 0.3 is 0 Å². The Morgan fingerprint density at radius 3 is 2.23 bits per heavy atom. The molecule has 1 aliphatic heterocycles. The number of amidine groups is 1. The monoisotopic (exact) mass is 399 g/mol. The number of anilines is 1. The van der Waals surface area contributed by atoms with Crippen molar-refractivity contribution in [2.45, 2.75) is 6.92 Å². The average molecular weight is 399 g/mol. The van der Waals surface area contributed by atoms with E-state index in [-0.39, 0.29) is 5.91 Å². The standard InChI is InChI=1S/C24H21N3O3/c1-3-30-21-10-6-19(7-11-21)27-23(18-4-8-20(29-2)9-5-18)26-22(24(27)28)16-17-12-14-25-15-13-17/h4-16H,3H2,1-2H3/b22-16+. The van der Waals surface area contributed by atoms with E-state index in [9.17, 15) is 4.79 Å². The lowest BCUT2D eigenvalue weighted by Crippen LogP contribution is -2.32. The number of carbonyl (C=O) groups excluding carboxylic acids is 1. The molecule has 0 saturated heterocycles. The zero-order chi connectivity index (χ0) is 20.9. The smallest absolute Gasteiger partial charge is 0.282 e. The van der Waals surface area contributed by atoms with Crippen molar-refractivity contribution in [1.82, 2.24) is 4.98 Å². The van der Waals surface area contributed by atoms with Gasteiger partial charge in [-0.3, -0.25) is 14.7 Å². The number of hydrogen-bond acceptors (Lipinski definition) is 5. The van der Waals surface area contributed by atoms with Crippen LogP contribution in [0.1, 0.15) is 18.1 Å². The lowest BCUT2D eigenvalue weighted by Gasteiger charge is -2.19. The van der Waals surface area contributed by atoms with Gasteiger partial charge in [0.05, 0.1) is 19.4 Å². The van der Waals surface area contributed by atoms with Crippen LogP contribution in [0.4, 0.5) is 5.69 Å². The Kier molecular flexibility index (Phi) is 5.57. The first kappa shape index (κ1) is 19.4. The summed E-state index contributed by atoms with van der Waals surface area (Å²) in [5.74, 6) is 1.86. The van der Waals surface area contributed by atoms with Crippen LogP contribution in [0.25, 0.3) is 6.08 Å². The molecule has 6 heteroatoms. The van der Waals surface area contributed by atoms with Gasteiger partial charge in [0.2, 0.25) is 0 Å². The summed E-state index contributed by atoms with van der Waals surface area (Å²) in [5, 5.41) is 0. The van der Waals surface area contributed by atoms with E-state index < -0.39 is 0 Å². The number of rotatable bonds is 6. The number of pyridine rings is 1. The van der Waals surface area contributed by atoms with Crippen molar-refractivity contribution in [2.24, 2.45) is 4.99 Å². The first-order chi connectivity index (χ1) is 14.7. The molecule has 2 aromatic carbocycles. The minimum absolute atomic E-state index is 0.193. The minimum atomic E-state index is -0.193. The maximum atomic E-state index is 13.3. The molecule has 0 N–H and O–H groups in total. The molecular weight excluding hydrogens is 378 g/mol. The van der Waals surface area contributed by atoms with Gasteiger partial charge in [-0.1, -0.05) is 0 Å². The Hall–Kier alpha value is -3.93. The van der Waals surface area contributed by atoms with Crippen LogP contribution in [-0.2, 0) is 4.79 Å². The molecule has 0 saturated carbocycles. The predicted octanol–water partition coefficient (Wildman–Crippen LogP) is 4.32. The molecule has 0 unspecified atom stereocenters. The molecule has 0 atom stereocenters. The Morgan fingerprint density at radius 2 is 1.60 bits per heavy atom. The Balaban J connectivity index is 1.76. The first-order valence-electron chi connectivity index (χ1n) is 9.61. The molecule has 2 heterocycles. The van der Waals surface area contributed by atoms with Crippen LogP contribution in [0.5, 0.6) is 11.5 Å².